The van der Waals surface area contributed by atoms with E-state index in [1.807, 2.05) is 12.2 Å². The highest BCUT2D eigenvalue weighted by molar-refractivity contribution is 6.22. The number of halogens is 2. The van der Waals surface area contributed by atoms with Crippen LogP contribution in [0.3, 0.4) is 0 Å². The Kier molecular flexibility index (Phi) is 2.82. The summed E-state index contributed by atoms with van der Waals surface area (Å²) in [6, 6.07) is 5.60. The minimum absolute atomic E-state index is 0.000208. The number of carbonyl (C=O) groups excluding carboxylic acids is 2. The summed E-state index contributed by atoms with van der Waals surface area (Å²) in [7, 11) is 0. The number of amides is 2. The smallest absolute Gasteiger partial charge is 0.387 e. The van der Waals surface area contributed by atoms with Gasteiger partial charge in [0, 0.05) is 0 Å². The lowest BCUT2D eigenvalue weighted by Gasteiger charge is -2.17. The van der Waals surface area contributed by atoms with Crippen LogP contribution in [-0.2, 0) is 9.59 Å². The Morgan fingerprint density at radius 1 is 1.00 bits per heavy atom. The van der Waals surface area contributed by atoms with E-state index in [1.165, 1.54) is 29.2 Å². The fraction of sp³-hybridized carbons (Fsp3) is 0.375. The Bertz CT molecular complexity index is 640. The molecule has 0 N–H and O–H groups in total. The van der Waals surface area contributed by atoms with E-state index >= 15 is 0 Å². The van der Waals surface area contributed by atoms with E-state index in [9.17, 15) is 18.4 Å². The molecule has 4 rings (SSSR count). The summed E-state index contributed by atoms with van der Waals surface area (Å²) in [6.45, 7) is -2.90. The minimum atomic E-state index is -2.90. The summed E-state index contributed by atoms with van der Waals surface area (Å²) in [5.41, 5.74) is 0.408. The molecule has 6 heteroatoms. The molecular formula is C16H13F2NO3. The third-order valence-electron chi connectivity index (χ3n) is 4.79. The molecule has 1 saturated heterocycles. The summed E-state index contributed by atoms with van der Waals surface area (Å²) in [6.07, 6.45) is 4.93. The van der Waals surface area contributed by atoms with Gasteiger partial charge in [0.15, 0.2) is 0 Å². The van der Waals surface area contributed by atoms with Gasteiger partial charge in [0.05, 0.1) is 17.5 Å². The third-order valence-corrected chi connectivity index (χ3v) is 4.79. The SMILES string of the molecule is O=C1C2C3C=CC(C3)C2C(=O)N1c1ccc(OC(F)F)cc1. The Balaban J connectivity index is 1.61. The monoisotopic (exact) mass is 305 g/mol. The van der Waals surface area contributed by atoms with Crippen molar-refractivity contribution in [1.82, 2.24) is 0 Å². The number of alkyl halides is 2. The van der Waals surface area contributed by atoms with Crippen molar-refractivity contribution in [3.8, 4) is 5.75 Å². The molecule has 2 bridgehead atoms. The van der Waals surface area contributed by atoms with Gasteiger partial charge in [-0.25, -0.2) is 0 Å². The van der Waals surface area contributed by atoms with Crippen LogP contribution in [0.25, 0.3) is 0 Å². The number of rotatable bonds is 3. The van der Waals surface area contributed by atoms with Crippen LogP contribution >= 0.6 is 0 Å². The van der Waals surface area contributed by atoms with Crippen molar-refractivity contribution >= 4 is 17.5 Å². The van der Waals surface area contributed by atoms with Crippen LogP contribution in [0.2, 0.25) is 0 Å². The molecule has 4 nitrogen and oxygen atoms in total. The van der Waals surface area contributed by atoms with Gasteiger partial charge in [-0.15, -0.1) is 0 Å². The van der Waals surface area contributed by atoms with Crippen molar-refractivity contribution in [3.63, 3.8) is 0 Å². The molecule has 1 aliphatic heterocycles. The lowest BCUT2D eigenvalue weighted by atomic mass is 9.85. The van der Waals surface area contributed by atoms with Crippen LogP contribution in [0.5, 0.6) is 5.75 Å². The molecule has 1 saturated carbocycles. The standard InChI is InChI=1S/C16H13F2NO3/c17-16(18)22-11-5-3-10(4-6-11)19-14(20)12-8-1-2-9(7-8)13(12)15(19)21/h1-6,8-9,12-13,16H,7H2. The molecule has 2 fully saturated rings. The first kappa shape index (κ1) is 13.4. The number of carbonyl (C=O) groups is 2. The molecular weight excluding hydrogens is 292 g/mol. The van der Waals surface area contributed by atoms with Crippen LogP contribution in [-0.4, -0.2) is 18.4 Å². The molecule has 0 radical (unpaired) electrons. The Labute approximate surface area is 125 Å². The first-order valence-corrected chi connectivity index (χ1v) is 7.17. The molecule has 0 aromatic heterocycles. The van der Waals surface area contributed by atoms with Crippen LogP contribution < -0.4 is 9.64 Å². The van der Waals surface area contributed by atoms with Gasteiger partial charge in [0.2, 0.25) is 11.8 Å². The predicted molar refractivity (Wildman–Crippen MR) is 73.3 cm³/mol. The summed E-state index contributed by atoms with van der Waals surface area (Å²) < 4.78 is 28.6. The van der Waals surface area contributed by atoms with E-state index in [2.05, 4.69) is 4.74 Å². The molecule has 4 unspecified atom stereocenters. The Hall–Kier alpha value is -2.24. The van der Waals surface area contributed by atoms with E-state index in [0.717, 1.165) is 6.42 Å². The molecule has 3 aliphatic rings. The minimum Gasteiger partial charge on any atom is -0.435 e. The van der Waals surface area contributed by atoms with Gasteiger partial charge in [-0.3, -0.25) is 14.5 Å². The number of anilines is 1. The molecule has 114 valence electrons. The summed E-state index contributed by atoms with van der Waals surface area (Å²) in [5, 5.41) is 0. The molecule has 1 heterocycles. The van der Waals surface area contributed by atoms with Gasteiger partial charge in [-0.1, -0.05) is 12.2 Å². The van der Waals surface area contributed by atoms with Gasteiger partial charge in [0.25, 0.3) is 0 Å². The number of hydrogen-bond acceptors (Lipinski definition) is 3. The number of ether oxygens (including phenoxy) is 1. The van der Waals surface area contributed by atoms with Gasteiger partial charge >= 0.3 is 6.61 Å². The zero-order valence-electron chi connectivity index (χ0n) is 11.5. The van der Waals surface area contributed by atoms with Crippen molar-refractivity contribution in [2.45, 2.75) is 13.0 Å². The van der Waals surface area contributed by atoms with Crippen molar-refractivity contribution in [3.05, 3.63) is 36.4 Å². The summed E-state index contributed by atoms with van der Waals surface area (Å²) in [5.74, 6) is -0.599. The van der Waals surface area contributed by atoms with Crippen molar-refractivity contribution in [2.24, 2.45) is 23.7 Å². The summed E-state index contributed by atoms with van der Waals surface area (Å²) >= 11 is 0. The zero-order chi connectivity index (χ0) is 15.4. The number of imide groups is 1. The van der Waals surface area contributed by atoms with E-state index < -0.39 is 6.61 Å². The fourth-order valence-corrected chi connectivity index (χ4v) is 3.93. The van der Waals surface area contributed by atoms with Crippen LogP contribution in [0.1, 0.15) is 6.42 Å². The number of benzene rings is 1. The number of nitrogens with zero attached hydrogens (tertiary/aromatic N) is 1. The van der Waals surface area contributed by atoms with Crippen molar-refractivity contribution < 1.29 is 23.1 Å². The highest BCUT2D eigenvalue weighted by Crippen LogP contribution is 2.53. The molecule has 1 aromatic carbocycles. The number of allylic oxidation sites excluding steroid dienone is 2. The molecule has 2 amide bonds. The maximum absolute atomic E-state index is 12.6. The first-order valence-electron chi connectivity index (χ1n) is 7.17. The van der Waals surface area contributed by atoms with Gasteiger partial charge in [0.1, 0.15) is 5.75 Å². The fourth-order valence-electron chi connectivity index (χ4n) is 3.93. The second-order valence-electron chi connectivity index (χ2n) is 5.88. The van der Waals surface area contributed by atoms with Gasteiger partial charge in [-0.2, -0.15) is 8.78 Å². The number of fused-ring (bicyclic) bond motifs is 5. The zero-order valence-corrected chi connectivity index (χ0v) is 11.5. The average Bonchev–Trinajstić information content (AvgIpc) is 3.14. The van der Waals surface area contributed by atoms with Crippen molar-refractivity contribution in [1.29, 1.82) is 0 Å². The van der Waals surface area contributed by atoms with Crippen LogP contribution in [0.15, 0.2) is 36.4 Å². The lowest BCUT2D eigenvalue weighted by Crippen LogP contribution is -2.32. The molecule has 22 heavy (non-hydrogen) atoms. The molecule has 2 aliphatic carbocycles. The Morgan fingerprint density at radius 3 is 2.05 bits per heavy atom. The highest BCUT2D eigenvalue weighted by atomic mass is 19.3. The highest BCUT2D eigenvalue weighted by Gasteiger charge is 2.59. The molecule has 0 spiro atoms. The largest absolute Gasteiger partial charge is 0.435 e. The number of hydrogen-bond donors (Lipinski definition) is 0. The van der Waals surface area contributed by atoms with E-state index in [4.69, 9.17) is 0 Å². The lowest BCUT2D eigenvalue weighted by molar-refractivity contribution is -0.123. The molecule has 4 atom stereocenters. The second-order valence-corrected chi connectivity index (χ2v) is 5.88. The topological polar surface area (TPSA) is 46.6 Å². The first-order chi connectivity index (χ1) is 10.6. The average molecular weight is 305 g/mol. The third kappa shape index (κ3) is 1.79. The van der Waals surface area contributed by atoms with Crippen LogP contribution in [0, 0.1) is 23.7 Å². The van der Waals surface area contributed by atoms with Gasteiger partial charge in [-0.05, 0) is 42.5 Å². The second kappa shape index (κ2) is 4.63. The van der Waals surface area contributed by atoms with Crippen LogP contribution in [0.4, 0.5) is 14.5 Å². The van der Waals surface area contributed by atoms with E-state index in [1.54, 1.807) is 0 Å². The quantitative estimate of drug-likeness (QED) is 0.637. The van der Waals surface area contributed by atoms with Crippen molar-refractivity contribution in [2.75, 3.05) is 4.90 Å². The van der Waals surface area contributed by atoms with Gasteiger partial charge < -0.3 is 4.74 Å². The Morgan fingerprint density at radius 2 is 1.55 bits per heavy atom. The predicted octanol–water partition coefficient (Wildman–Crippen LogP) is 2.60. The maximum atomic E-state index is 12.6. The normalized spacial score (nSPS) is 32.2. The summed E-state index contributed by atoms with van der Waals surface area (Å²) in [4.78, 5) is 26.3. The maximum Gasteiger partial charge on any atom is 0.387 e. The van der Waals surface area contributed by atoms with E-state index in [0.29, 0.717) is 5.69 Å². The van der Waals surface area contributed by atoms with E-state index in [-0.39, 0.29) is 41.2 Å². The molecule has 1 aromatic rings.